The van der Waals surface area contributed by atoms with Crippen LogP contribution in [-0.2, 0) is 22.8 Å². The first-order valence-corrected chi connectivity index (χ1v) is 21.8. The van der Waals surface area contributed by atoms with Crippen molar-refractivity contribution in [1.29, 1.82) is 0 Å². The van der Waals surface area contributed by atoms with Crippen LogP contribution in [0.2, 0.25) is 54.4 Å². The van der Waals surface area contributed by atoms with Crippen molar-refractivity contribution < 1.29 is 27.9 Å². The Morgan fingerprint density at radius 2 is 0.971 bits per heavy atom. The predicted molar refractivity (Wildman–Crippen MR) is 152 cm³/mol. The molecule has 0 bridgehead atoms. The van der Waals surface area contributed by atoms with Crippen molar-refractivity contribution in [3.63, 3.8) is 0 Å². The van der Waals surface area contributed by atoms with E-state index in [1.54, 1.807) is 0 Å². The quantitative estimate of drug-likeness (QED) is 0.216. The van der Waals surface area contributed by atoms with Crippen molar-refractivity contribution in [3.8, 4) is 0 Å². The van der Waals surface area contributed by atoms with Crippen LogP contribution in [0.4, 0.5) is 0 Å². The molecule has 7 nitrogen and oxygen atoms in total. The zero-order valence-electron chi connectivity index (χ0n) is 24.0. The van der Waals surface area contributed by atoms with Gasteiger partial charge in [-0.05, 0) is 54.4 Å². The van der Waals surface area contributed by atoms with E-state index < -0.39 is 61.4 Å². The number of hydrogen-bond acceptors (Lipinski definition) is 6. The lowest BCUT2D eigenvalue weighted by Gasteiger charge is -2.52. The standard InChI is InChI=1S/C25H55NO6Si3/c1-10-33(11-2,12-3)30-21-20(19-26)29-24(25(27)28)23(32-35(16-7,17-8)18-9)22(21)31-34(13-4,14-5)15-6/h20-24H,10-19,26H2,1-9H3,(H,27,28)/t20-,21-,22+,23-,24?/m1/s1. The summed E-state index contributed by atoms with van der Waals surface area (Å²) < 4.78 is 27.4. The lowest BCUT2D eigenvalue weighted by atomic mass is 9.95. The molecule has 1 fully saturated rings. The molecule has 1 heterocycles. The maximum Gasteiger partial charge on any atom is 0.335 e. The number of carbonyl (C=O) groups is 1. The van der Waals surface area contributed by atoms with Crippen molar-refractivity contribution in [1.82, 2.24) is 0 Å². The first-order chi connectivity index (χ1) is 16.6. The highest BCUT2D eigenvalue weighted by Gasteiger charge is 2.55. The first kappa shape index (κ1) is 32.9. The largest absolute Gasteiger partial charge is 0.479 e. The molecule has 0 aromatic carbocycles. The van der Waals surface area contributed by atoms with E-state index in [-0.39, 0.29) is 6.54 Å². The Morgan fingerprint density at radius 3 is 1.26 bits per heavy atom. The smallest absolute Gasteiger partial charge is 0.335 e. The summed E-state index contributed by atoms with van der Waals surface area (Å²) in [6, 6.07) is 8.66. The van der Waals surface area contributed by atoms with Crippen molar-refractivity contribution in [2.24, 2.45) is 5.73 Å². The summed E-state index contributed by atoms with van der Waals surface area (Å²) in [5, 5.41) is 10.3. The maximum absolute atomic E-state index is 12.6. The number of carboxylic acid groups (broad SMARTS) is 1. The molecule has 1 rings (SSSR count). The van der Waals surface area contributed by atoms with Crippen LogP contribution in [0.1, 0.15) is 62.3 Å². The van der Waals surface area contributed by atoms with E-state index in [1.807, 2.05) is 0 Å². The van der Waals surface area contributed by atoms with Crippen molar-refractivity contribution >= 4 is 30.9 Å². The Morgan fingerprint density at radius 1 is 0.657 bits per heavy atom. The highest BCUT2D eigenvalue weighted by molar-refractivity contribution is 6.74. The fourth-order valence-corrected chi connectivity index (χ4v) is 14.1. The molecule has 10 heteroatoms. The number of carboxylic acids is 1. The second-order valence-corrected chi connectivity index (χ2v) is 24.3. The fraction of sp³-hybridized carbons (Fsp3) is 0.960. The Labute approximate surface area is 218 Å². The normalized spacial score (nSPS) is 26.2. The molecule has 0 aromatic rings. The summed E-state index contributed by atoms with van der Waals surface area (Å²) in [6.07, 6.45) is -3.24. The van der Waals surface area contributed by atoms with Gasteiger partial charge < -0.3 is 28.9 Å². The fourth-order valence-electron chi connectivity index (χ4n) is 5.57. The number of hydrogen-bond donors (Lipinski definition) is 2. The Balaban J connectivity index is 3.74. The van der Waals surface area contributed by atoms with E-state index in [9.17, 15) is 9.90 Å². The third-order valence-corrected chi connectivity index (χ3v) is 23.0. The molecule has 0 aromatic heterocycles. The zero-order chi connectivity index (χ0) is 26.9. The van der Waals surface area contributed by atoms with Crippen LogP contribution in [0.25, 0.3) is 0 Å². The Bertz CT molecular complexity index is 604. The maximum atomic E-state index is 12.6. The van der Waals surface area contributed by atoms with Crippen LogP contribution in [0.5, 0.6) is 0 Å². The first-order valence-electron chi connectivity index (χ1n) is 14.2. The van der Waals surface area contributed by atoms with Gasteiger partial charge in [0, 0.05) is 6.54 Å². The van der Waals surface area contributed by atoms with E-state index in [0.29, 0.717) is 0 Å². The van der Waals surface area contributed by atoms with Gasteiger partial charge in [0.15, 0.2) is 31.1 Å². The monoisotopic (exact) mass is 549 g/mol. The van der Waals surface area contributed by atoms with Crippen LogP contribution in [0.3, 0.4) is 0 Å². The van der Waals surface area contributed by atoms with Gasteiger partial charge >= 0.3 is 5.97 Å². The number of nitrogens with two attached hydrogens (primary N) is 1. The van der Waals surface area contributed by atoms with E-state index in [2.05, 4.69) is 62.3 Å². The van der Waals surface area contributed by atoms with Gasteiger partial charge in [-0.15, -0.1) is 0 Å². The summed E-state index contributed by atoms with van der Waals surface area (Å²) >= 11 is 0. The van der Waals surface area contributed by atoms with E-state index in [0.717, 1.165) is 54.4 Å². The lowest BCUT2D eigenvalue weighted by molar-refractivity contribution is -0.215. The van der Waals surface area contributed by atoms with Gasteiger partial charge in [0.05, 0.1) is 6.10 Å². The summed E-state index contributed by atoms with van der Waals surface area (Å²) in [6.45, 7) is 19.9. The van der Waals surface area contributed by atoms with Gasteiger partial charge in [-0.2, -0.15) is 0 Å². The second-order valence-electron chi connectivity index (χ2n) is 10.1. The molecule has 1 unspecified atom stereocenters. The van der Waals surface area contributed by atoms with Gasteiger partial charge in [0.25, 0.3) is 0 Å². The third kappa shape index (κ3) is 7.49. The van der Waals surface area contributed by atoms with Crippen LogP contribution in [-0.4, -0.2) is 73.1 Å². The average Bonchev–Trinajstić information content (AvgIpc) is 2.90. The van der Waals surface area contributed by atoms with Crippen LogP contribution >= 0.6 is 0 Å². The molecule has 0 radical (unpaired) electrons. The van der Waals surface area contributed by atoms with Gasteiger partial charge in [0.1, 0.15) is 18.3 Å². The second kappa shape index (κ2) is 14.8. The summed E-state index contributed by atoms with van der Waals surface area (Å²) in [7, 11) is -6.36. The molecule has 3 N–H and O–H groups in total. The van der Waals surface area contributed by atoms with Crippen LogP contribution < -0.4 is 5.73 Å². The number of rotatable bonds is 17. The topological polar surface area (TPSA) is 100 Å². The molecular weight excluding hydrogens is 495 g/mol. The van der Waals surface area contributed by atoms with Gasteiger partial charge in [-0.3, -0.25) is 0 Å². The molecule has 208 valence electrons. The van der Waals surface area contributed by atoms with E-state index >= 15 is 0 Å². The van der Waals surface area contributed by atoms with E-state index in [1.165, 1.54) is 0 Å². The molecule has 0 aliphatic carbocycles. The van der Waals surface area contributed by atoms with E-state index in [4.69, 9.17) is 23.7 Å². The molecule has 1 saturated heterocycles. The minimum absolute atomic E-state index is 0.194. The van der Waals surface area contributed by atoms with Crippen molar-refractivity contribution in [2.75, 3.05) is 6.54 Å². The van der Waals surface area contributed by atoms with Crippen LogP contribution in [0, 0.1) is 0 Å². The van der Waals surface area contributed by atoms with Gasteiger partial charge in [-0.25, -0.2) is 4.79 Å². The molecular formula is C25H55NO6Si3. The minimum atomic E-state index is -2.17. The number of aliphatic carboxylic acids is 1. The molecule has 35 heavy (non-hydrogen) atoms. The molecule has 0 saturated carbocycles. The summed E-state index contributed by atoms with van der Waals surface area (Å²) in [5.41, 5.74) is 6.22. The predicted octanol–water partition coefficient (Wildman–Crippen LogP) is 5.97. The highest BCUT2D eigenvalue weighted by Crippen LogP contribution is 2.39. The molecule has 1 aliphatic heterocycles. The zero-order valence-corrected chi connectivity index (χ0v) is 27.0. The SMILES string of the molecule is CC[Si](CC)(CC)O[C@H]1[C@H](O[Si](CC)(CC)CC)[C@@H](O[Si](CC)(CC)CC)C(C(=O)O)O[C@@H]1CN. The summed E-state index contributed by atoms with van der Waals surface area (Å²) in [5.74, 6) is -1.01. The van der Waals surface area contributed by atoms with Crippen molar-refractivity contribution in [3.05, 3.63) is 0 Å². The van der Waals surface area contributed by atoms with Gasteiger partial charge in [-0.1, -0.05) is 62.3 Å². The Kier molecular flexibility index (Phi) is 13.9. The summed E-state index contributed by atoms with van der Waals surface area (Å²) in [4.78, 5) is 12.6. The minimum Gasteiger partial charge on any atom is -0.479 e. The Hall–Kier alpha value is -0.0794. The molecule has 1 aliphatic rings. The number of ether oxygens (including phenoxy) is 1. The van der Waals surface area contributed by atoms with Crippen molar-refractivity contribution in [2.45, 2.75) is 147 Å². The third-order valence-electron chi connectivity index (χ3n) is 9.07. The lowest BCUT2D eigenvalue weighted by Crippen LogP contribution is -2.68. The highest BCUT2D eigenvalue weighted by atomic mass is 28.4. The molecule has 5 atom stereocenters. The molecule has 0 spiro atoms. The van der Waals surface area contributed by atoms with Crippen LogP contribution in [0.15, 0.2) is 0 Å². The average molecular weight is 550 g/mol. The van der Waals surface area contributed by atoms with Gasteiger partial charge in [0.2, 0.25) is 0 Å². The molecule has 0 amide bonds.